The topological polar surface area (TPSA) is 66.4 Å². The summed E-state index contributed by atoms with van der Waals surface area (Å²) in [6.45, 7) is 0.567. The van der Waals surface area contributed by atoms with Gasteiger partial charge in [0.25, 0.3) is 0 Å². The Labute approximate surface area is 113 Å². The number of carboxylic acid groups (broad SMARTS) is 1. The van der Waals surface area contributed by atoms with E-state index in [0.717, 1.165) is 19.3 Å². The molecular formula is C15H21NO3. The molecule has 0 aromatic heterocycles. The van der Waals surface area contributed by atoms with Crippen LogP contribution in [0.4, 0.5) is 0 Å². The molecule has 19 heavy (non-hydrogen) atoms. The van der Waals surface area contributed by atoms with Gasteiger partial charge in [0.2, 0.25) is 5.91 Å². The lowest BCUT2D eigenvalue weighted by atomic mass is 10.1. The number of aliphatic carboxylic acids is 1. The van der Waals surface area contributed by atoms with Crippen LogP contribution >= 0.6 is 0 Å². The summed E-state index contributed by atoms with van der Waals surface area (Å²) < 4.78 is 0. The van der Waals surface area contributed by atoms with Gasteiger partial charge in [-0.3, -0.25) is 9.59 Å². The molecule has 0 aliphatic heterocycles. The third-order valence-electron chi connectivity index (χ3n) is 2.85. The fourth-order valence-electron chi connectivity index (χ4n) is 1.82. The molecule has 0 fully saturated rings. The van der Waals surface area contributed by atoms with Crippen molar-refractivity contribution in [3.63, 3.8) is 0 Å². The van der Waals surface area contributed by atoms with Gasteiger partial charge in [-0.1, -0.05) is 30.3 Å². The van der Waals surface area contributed by atoms with Crippen molar-refractivity contribution in [3.8, 4) is 0 Å². The summed E-state index contributed by atoms with van der Waals surface area (Å²) >= 11 is 0. The zero-order valence-electron chi connectivity index (χ0n) is 11.1. The molecule has 0 bridgehead atoms. The highest BCUT2D eigenvalue weighted by Gasteiger charge is 2.01. The average Bonchev–Trinajstić information content (AvgIpc) is 2.39. The number of carbonyl (C=O) groups excluding carboxylic acids is 1. The van der Waals surface area contributed by atoms with Crippen LogP contribution in [-0.2, 0) is 16.0 Å². The summed E-state index contributed by atoms with van der Waals surface area (Å²) in [6.07, 6.45) is 3.77. The Hall–Kier alpha value is -1.84. The summed E-state index contributed by atoms with van der Waals surface area (Å²) in [6, 6.07) is 10.1. The number of carbonyl (C=O) groups is 2. The van der Waals surface area contributed by atoms with E-state index in [0.29, 0.717) is 19.4 Å². The third kappa shape index (κ3) is 7.97. The van der Waals surface area contributed by atoms with E-state index in [1.807, 2.05) is 18.2 Å². The Bertz CT molecular complexity index is 390. The van der Waals surface area contributed by atoms with Gasteiger partial charge in [-0.2, -0.15) is 0 Å². The Morgan fingerprint density at radius 3 is 2.42 bits per heavy atom. The number of hydrogen-bond donors (Lipinski definition) is 2. The number of aryl methyl sites for hydroxylation is 1. The van der Waals surface area contributed by atoms with Gasteiger partial charge < -0.3 is 10.4 Å². The molecule has 0 aliphatic rings. The van der Waals surface area contributed by atoms with Crippen LogP contribution in [0.15, 0.2) is 30.3 Å². The third-order valence-corrected chi connectivity index (χ3v) is 2.85. The predicted octanol–water partition coefficient (Wildman–Crippen LogP) is 2.38. The maximum atomic E-state index is 11.5. The summed E-state index contributed by atoms with van der Waals surface area (Å²) in [5, 5.41) is 11.3. The maximum Gasteiger partial charge on any atom is 0.303 e. The van der Waals surface area contributed by atoms with Crippen LogP contribution in [-0.4, -0.2) is 23.5 Å². The van der Waals surface area contributed by atoms with E-state index >= 15 is 0 Å². The van der Waals surface area contributed by atoms with Crippen LogP contribution in [0, 0.1) is 0 Å². The number of carboxylic acids is 1. The second-order valence-corrected chi connectivity index (χ2v) is 4.54. The first-order valence-corrected chi connectivity index (χ1v) is 6.71. The van der Waals surface area contributed by atoms with E-state index in [1.54, 1.807) is 0 Å². The molecule has 1 amide bonds. The second-order valence-electron chi connectivity index (χ2n) is 4.54. The molecule has 4 heteroatoms. The first-order chi connectivity index (χ1) is 9.18. The van der Waals surface area contributed by atoms with Crippen LogP contribution in [0.5, 0.6) is 0 Å². The van der Waals surface area contributed by atoms with Gasteiger partial charge in [-0.25, -0.2) is 0 Å². The molecule has 1 aromatic rings. The molecule has 0 unspecified atom stereocenters. The normalized spacial score (nSPS) is 10.1. The molecule has 2 N–H and O–H groups in total. The molecule has 0 radical (unpaired) electrons. The Balaban J connectivity index is 2.01. The van der Waals surface area contributed by atoms with Crippen LogP contribution in [0.2, 0.25) is 0 Å². The smallest absolute Gasteiger partial charge is 0.303 e. The van der Waals surface area contributed by atoms with Gasteiger partial charge in [0.15, 0.2) is 0 Å². The van der Waals surface area contributed by atoms with E-state index in [9.17, 15) is 9.59 Å². The number of nitrogens with one attached hydrogen (secondary N) is 1. The number of benzene rings is 1. The van der Waals surface area contributed by atoms with Gasteiger partial charge in [0.05, 0.1) is 0 Å². The first kappa shape index (κ1) is 15.2. The highest BCUT2D eigenvalue weighted by atomic mass is 16.4. The average molecular weight is 263 g/mol. The number of unbranched alkanes of at least 4 members (excludes halogenated alkanes) is 1. The lowest BCUT2D eigenvalue weighted by molar-refractivity contribution is -0.137. The minimum Gasteiger partial charge on any atom is -0.481 e. The molecule has 4 nitrogen and oxygen atoms in total. The summed E-state index contributed by atoms with van der Waals surface area (Å²) in [7, 11) is 0. The zero-order chi connectivity index (χ0) is 13.9. The van der Waals surface area contributed by atoms with E-state index in [1.165, 1.54) is 5.56 Å². The highest BCUT2D eigenvalue weighted by Crippen LogP contribution is 2.04. The van der Waals surface area contributed by atoms with Crippen molar-refractivity contribution in [2.24, 2.45) is 0 Å². The summed E-state index contributed by atoms with van der Waals surface area (Å²) in [5.41, 5.74) is 1.25. The standard InChI is InChI=1S/C15H21NO3/c17-14(16-12-5-4-11-15(18)19)10-6-9-13-7-2-1-3-8-13/h1-3,7-8H,4-6,9-12H2,(H,16,17)(H,18,19). The lowest BCUT2D eigenvalue weighted by Gasteiger charge is -2.04. The van der Waals surface area contributed by atoms with Crippen LogP contribution in [0.25, 0.3) is 0 Å². The Morgan fingerprint density at radius 1 is 1.00 bits per heavy atom. The molecule has 0 aliphatic carbocycles. The van der Waals surface area contributed by atoms with Crippen LogP contribution in [0.1, 0.15) is 37.7 Å². The predicted molar refractivity (Wildman–Crippen MR) is 73.9 cm³/mol. The second kappa shape index (κ2) is 9.14. The maximum absolute atomic E-state index is 11.5. The fraction of sp³-hybridized carbons (Fsp3) is 0.467. The summed E-state index contributed by atoms with van der Waals surface area (Å²) in [5.74, 6) is -0.736. The molecule has 1 rings (SSSR count). The fourth-order valence-corrected chi connectivity index (χ4v) is 1.82. The van der Waals surface area contributed by atoms with Gasteiger partial charge in [-0.15, -0.1) is 0 Å². The SMILES string of the molecule is O=C(O)CCCCNC(=O)CCCc1ccccc1. The minimum absolute atomic E-state index is 0.0475. The van der Waals surface area contributed by atoms with E-state index in [2.05, 4.69) is 17.4 Å². The van der Waals surface area contributed by atoms with Gasteiger partial charge >= 0.3 is 5.97 Å². The van der Waals surface area contributed by atoms with Crippen LogP contribution in [0.3, 0.4) is 0 Å². The molecular weight excluding hydrogens is 242 g/mol. The van der Waals surface area contributed by atoms with Crippen molar-refractivity contribution in [1.29, 1.82) is 0 Å². The first-order valence-electron chi connectivity index (χ1n) is 6.71. The van der Waals surface area contributed by atoms with Crippen molar-refractivity contribution in [1.82, 2.24) is 5.32 Å². The monoisotopic (exact) mass is 263 g/mol. The van der Waals surface area contributed by atoms with Crippen molar-refractivity contribution >= 4 is 11.9 Å². The van der Waals surface area contributed by atoms with Gasteiger partial charge in [-0.05, 0) is 31.2 Å². The van der Waals surface area contributed by atoms with Crippen molar-refractivity contribution in [3.05, 3.63) is 35.9 Å². The Morgan fingerprint density at radius 2 is 1.74 bits per heavy atom. The van der Waals surface area contributed by atoms with Crippen LogP contribution < -0.4 is 5.32 Å². The molecule has 1 aromatic carbocycles. The van der Waals surface area contributed by atoms with Crippen molar-refractivity contribution < 1.29 is 14.7 Å². The molecule has 104 valence electrons. The molecule has 0 saturated heterocycles. The number of hydrogen-bond acceptors (Lipinski definition) is 2. The molecule has 0 spiro atoms. The van der Waals surface area contributed by atoms with Crippen molar-refractivity contribution in [2.75, 3.05) is 6.54 Å². The number of rotatable bonds is 9. The molecule has 0 heterocycles. The minimum atomic E-state index is -0.783. The molecule has 0 saturated carbocycles. The van der Waals surface area contributed by atoms with Gasteiger partial charge in [0.1, 0.15) is 0 Å². The Kier molecular flexibility index (Phi) is 7.32. The summed E-state index contributed by atoms with van der Waals surface area (Å²) in [4.78, 5) is 21.8. The van der Waals surface area contributed by atoms with E-state index < -0.39 is 5.97 Å². The zero-order valence-corrected chi connectivity index (χ0v) is 11.1. The molecule has 0 atom stereocenters. The van der Waals surface area contributed by atoms with Crippen molar-refractivity contribution in [2.45, 2.75) is 38.5 Å². The quantitative estimate of drug-likeness (QED) is 0.672. The highest BCUT2D eigenvalue weighted by molar-refractivity contribution is 5.75. The lowest BCUT2D eigenvalue weighted by Crippen LogP contribution is -2.24. The number of amides is 1. The largest absolute Gasteiger partial charge is 0.481 e. The van der Waals surface area contributed by atoms with E-state index in [-0.39, 0.29) is 12.3 Å². The van der Waals surface area contributed by atoms with E-state index in [4.69, 9.17) is 5.11 Å². The van der Waals surface area contributed by atoms with Gasteiger partial charge in [0, 0.05) is 19.4 Å².